The van der Waals surface area contributed by atoms with Gasteiger partial charge in [0, 0.05) is 37.3 Å². The number of likely N-dealkylation sites (tertiary alicyclic amines) is 1. The molecule has 0 bridgehead atoms. The molecule has 0 radical (unpaired) electrons. The third kappa shape index (κ3) is 6.45. The Bertz CT molecular complexity index is 664. The zero-order chi connectivity index (χ0) is 19.3. The third-order valence-electron chi connectivity index (χ3n) is 4.23. The fourth-order valence-electron chi connectivity index (χ4n) is 3.03. The van der Waals surface area contributed by atoms with E-state index in [1.54, 1.807) is 6.08 Å². The lowest BCUT2D eigenvalue weighted by Gasteiger charge is -2.37. The molecule has 2 rings (SSSR count). The number of halogens is 2. The van der Waals surface area contributed by atoms with Crippen molar-refractivity contribution in [2.45, 2.75) is 52.2 Å². The van der Waals surface area contributed by atoms with Crippen molar-refractivity contribution in [1.29, 1.82) is 0 Å². The molecule has 0 aliphatic carbocycles. The summed E-state index contributed by atoms with van der Waals surface area (Å²) in [6.07, 6.45) is 3.90. The highest BCUT2D eigenvalue weighted by Crippen LogP contribution is 2.20. The van der Waals surface area contributed by atoms with Gasteiger partial charge in [0.2, 0.25) is 0 Å². The van der Waals surface area contributed by atoms with Crippen LogP contribution in [0, 0.1) is 11.6 Å². The van der Waals surface area contributed by atoms with Crippen LogP contribution in [0.15, 0.2) is 36.2 Å². The van der Waals surface area contributed by atoms with Crippen LogP contribution in [0.4, 0.5) is 8.78 Å². The molecule has 1 aromatic carbocycles. The molecular weight excluding hydrogens is 334 g/mol. The lowest BCUT2D eigenvalue weighted by atomic mass is 10.0. The van der Waals surface area contributed by atoms with E-state index in [1.165, 1.54) is 12.1 Å². The summed E-state index contributed by atoms with van der Waals surface area (Å²) in [5.41, 5.74) is 1.15. The molecule has 0 amide bonds. The highest BCUT2D eigenvalue weighted by molar-refractivity contribution is 5.53. The van der Waals surface area contributed by atoms with Crippen molar-refractivity contribution in [3.8, 4) is 0 Å². The van der Waals surface area contributed by atoms with Crippen LogP contribution in [-0.2, 0) is 4.74 Å². The van der Waals surface area contributed by atoms with Gasteiger partial charge in [-0.15, -0.1) is 0 Å². The summed E-state index contributed by atoms with van der Waals surface area (Å²) in [5, 5.41) is 3.52. The van der Waals surface area contributed by atoms with Crippen LogP contribution in [-0.4, -0.2) is 36.2 Å². The summed E-state index contributed by atoms with van der Waals surface area (Å²) in [5.74, 6) is -0.385. The van der Waals surface area contributed by atoms with E-state index in [9.17, 15) is 8.78 Å². The fraction of sp³-hybridized carbons (Fsp3) is 0.524. The number of benzene rings is 1. The Morgan fingerprint density at radius 1 is 1.38 bits per heavy atom. The van der Waals surface area contributed by atoms with Crippen molar-refractivity contribution in [2.75, 3.05) is 19.6 Å². The van der Waals surface area contributed by atoms with Gasteiger partial charge in [0.15, 0.2) is 5.88 Å². The van der Waals surface area contributed by atoms with E-state index >= 15 is 0 Å². The Morgan fingerprint density at radius 3 is 2.77 bits per heavy atom. The van der Waals surface area contributed by atoms with Crippen molar-refractivity contribution < 1.29 is 13.5 Å². The molecule has 5 heteroatoms. The van der Waals surface area contributed by atoms with E-state index in [-0.39, 0.29) is 5.60 Å². The van der Waals surface area contributed by atoms with Crippen LogP contribution < -0.4 is 5.32 Å². The standard InChI is InChI=1S/C21H30F2N2O/c1-15(11-17-8-9-18(22)12-20(17)23)13-24-19-7-6-10-25(14-19)16(2)26-21(3,4)5/h8-9,11-12,19,24H,2,6-7,10,13-14H2,1,3-5H3/b15-11+. The summed E-state index contributed by atoms with van der Waals surface area (Å²) in [4.78, 5) is 2.17. The van der Waals surface area contributed by atoms with Crippen LogP contribution >= 0.6 is 0 Å². The summed E-state index contributed by atoms with van der Waals surface area (Å²) < 4.78 is 32.6. The molecule has 0 saturated carbocycles. The average molecular weight is 364 g/mol. The molecule has 0 spiro atoms. The molecule has 1 aliphatic heterocycles. The predicted octanol–water partition coefficient (Wildman–Crippen LogP) is 4.71. The molecule has 1 aliphatic rings. The molecule has 1 heterocycles. The first-order valence-electron chi connectivity index (χ1n) is 9.12. The van der Waals surface area contributed by atoms with Crippen LogP contribution in [0.1, 0.15) is 46.1 Å². The number of nitrogens with one attached hydrogen (secondary N) is 1. The molecule has 26 heavy (non-hydrogen) atoms. The normalized spacial score (nSPS) is 18.8. The van der Waals surface area contributed by atoms with Gasteiger partial charge in [-0.05, 0) is 59.2 Å². The Kier molecular flexibility index (Phi) is 6.81. The number of hydrogen-bond donors (Lipinski definition) is 1. The summed E-state index contributed by atoms with van der Waals surface area (Å²) >= 11 is 0. The summed E-state index contributed by atoms with van der Waals surface area (Å²) in [6.45, 7) is 14.5. The van der Waals surface area contributed by atoms with Gasteiger partial charge in [-0.2, -0.15) is 0 Å². The van der Waals surface area contributed by atoms with Gasteiger partial charge in [0.05, 0.1) is 0 Å². The van der Waals surface area contributed by atoms with Gasteiger partial charge in [0.25, 0.3) is 0 Å². The van der Waals surface area contributed by atoms with Crippen LogP contribution in [0.5, 0.6) is 0 Å². The minimum atomic E-state index is -0.560. The minimum Gasteiger partial charge on any atom is -0.474 e. The number of nitrogens with zero attached hydrogens (tertiary/aromatic N) is 1. The zero-order valence-electron chi connectivity index (χ0n) is 16.2. The fourth-order valence-corrected chi connectivity index (χ4v) is 3.03. The topological polar surface area (TPSA) is 24.5 Å². The quantitative estimate of drug-likeness (QED) is 0.740. The van der Waals surface area contributed by atoms with Crippen LogP contribution in [0.3, 0.4) is 0 Å². The Balaban J connectivity index is 1.88. The molecule has 1 N–H and O–H groups in total. The van der Waals surface area contributed by atoms with Gasteiger partial charge in [-0.25, -0.2) is 8.78 Å². The van der Waals surface area contributed by atoms with E-state index in [4.69, 9.17) is 4.74 Å². The predicted molar refractivity (Wildman–Crippen MR) is 103 cm³/mol. The Labute approximate surface area is 155 Å². The monoisotopic (exact) mass is 364 g/mol. The Morgan fingerprint density at radius 2 is 2.12 bits per heavy atom. The van der Waals surface area contributed by atoms with E-state index in [0.29, 0.717) is 24.0 Å². The van der Waals surface area contributed by atoms with Gasteiger partial charge in [-0.1, -0.05) is 11.6 Å². The van der Waals surface area contributed by atoms with E-state index < -0.39 is 11.6 Å². The van der Waals surface area contributed by atoms with Crippen molar-refractivity contribution in [2.24, 2.45) is 0 Å². The van der Waals surface area contributed by atoms with Crippen LogP contribution in [0.25, 0.3) is 6.08 Å². The number of ether oxygens (including phenoxy) is 1. The van der Waals surface area contributed by atoms with Gasteiger partial charge < -0.3 is 15.0 Å². The van der Waals surface area contributed by atoms with E-state index in [1.807, 2.05) is 27.7 Å². The summed E-state index contributed by atoms with van der Waals surface area (Å²) in [6, 6.07) is 3.97. The lowest BCUT2D eigenvalue weighted by molar-refractivity contribution is -0.00485. The molecule has 1 atom stereocenters. The number of piperidine rings is 1. The molecule has 3 nitrogen and oxygen atoms in total. The third-order valence-corrected chi connectivity index (χ3v) is 4.23. The van der Waals surface area contributed by atoms with Crippen molar-refractivity contribution >= 4 is 6.08 Å². The largest absolute Gasteiger partial charge is 0.474 e. The first-order chi connectivity index (χ1) is 12.1. The lowest BCUT2D eigenvalue weighted by Crippen LogP contribution is -2.46. The Hall–Kier alpha value is -1.88. The zero-order valence-corrected chi connectivity index (χ0v) is 16.2. The first-order valence-corrected chi connectivity index (χ1v) is 9.12. The van der Waals surface area contributed by atoms with Crippen molar-refractivity contribution in [1.82, 2.24) is 10.2 Å². The van der Waals surface area contributed by atoms with Crippen LogP contribution in [0.2, 0.25) is 0 Å². The van der Waals surface area contributed by atoms with E-state index in [0.717, 1.165) is 37.6 Å². The first kappa shape index (κ1) is 20.4. The second-order valence-corrected chi connectivity index (χ2v) is 7.93. The minimum absolute atomic E-state index is 0.254. The van der Waals surface area contributed by atoms with Crippen molar-refractivity contribution in [3.63, 3.8) is 0 Å². The molecule has 1 unspecified atom stereocenters. The molecule has 144 valence electrons. The molecule has 1 saturated heterocycles. The van der Waals surface area contributed by atoms with Gasteiger partial charge >= 0.3 is 0 Å². The van der Waals surface area contributed by atoms with Crippen molar-refractivity contribution in [3.05, 3.63) is 53.4 Å². The SMILES string of the molecule is C=C(OC(C)(C)C)N1CCCC(NC/C(C)=C/c2ccc(F)cc2F)C1. The maximum Gasteiger partial charge on any atom is 0.182 e. The summed E-state index contributed by atoms with van der Waals surface area (Å²) in [7, 11) is 0. The molecule has 0 aromatic heterocycles. The maximum absolute atomic E-state index is 13.7. The number of rotatable bonds is 6. The number of hydrogen-bond acceptors (Lipinski definition) is 3. The second-order valence-electron chi connectivity index (χ2n) is 7.93. The molecular formula is C21H30F2N2O. The maximum atomic E-state index is 13.7. The highest BCUT2D eigenvalue weighted by atomic mass is 19.1. The average Bonchev–Trinajstić information content (AvgIpc) is 2.54. The smallest absolute Gasteiger partial charge is 0.182 e. The second kappa shape index (κ2) is 8.67. The van der Waals surface area contributed by atoms with Gasteiger partial charge in [0.1, 0.15) is 17.2 Å². The van der Waals surface area contributed by atoms with E-state index in [2.05, 4.69) is 16.8 Å². The molecule has 1 aromatic rings. The molecule has 1 fully saturated rings. The highest BCUT2D eigenvalue weighted by Gasteiger charge is 2.23. The van der Waals surface area contributed by atoms with Gasteiger partial charge in [-0.3, -0.25) is 0 Å².